The summed E-state index contributed by atoms with van der Waals surface area (Å²) in [6.07, 6.45) is 1.82. The van der Waals surface area contributed by atoms with Crippen LogP contribution in [-0.4, -0.2) is 34.5 Å². The minimum absolute atomic E-state index is 0.593. The molecule has 0 aliphatic carbocycles. The van der Waals surface area contributed by atoms with Gasteiger partial charge in [-0.3, -0.25) is 0 Å². The van der Waals surface area contributed by atoms with Crippen LogP contribution in [0, 0.1) is 0 Å². The Bertz CT molecular complexity index is 3180. The number of hydrogen-bond acceptors (Lipinski definition) is 7. The van der Waals surface area contributed by atoms with Gasteiger partial charge in [-0.1, -0.05) is 121 Å². The smallest absolute Gasteiger partial charge is 0.164 e. The van der Waals surface area contributed by atoms with Gasteiger partial charge in [0.15, 0.2) is 23.3 Å². The Kier molecular flexibility index (Phi) is 7.53. The second kappa shape index (κ2) is 13.2. The predicted octanol–water partition coefficient (Wildman–Crippen LogP) is 11.9. The molecule has 5 heterocycles. The Morgan fingerprint density at radius 1 is 0.375 bits per heavy atom. The van der Waals surface area contributed by atoms with Crippen molar-refractivity contribution in [3.05, 3.63) is 176 Å². The van der Waals surface area contributed by atoms with E-state index in [1.54, 1.807) is 11.3 Å². The molecule has 0 bridgehead atoms. The van der Waals surface area contributed by atoms with Gasteiger partial charge in [0.1, 0.15) is 4.83 Å². The normalized spacial score (nSPS) is 11.6. The minimum atomic E-state index is 0.593. The van der Waals surface area contributed by atoms with Crippen LogP contribution in [0.3, 0.4) is 0 Å². The lowest BCUT2D eigenvalue weighted by Gasteiger charge is -2.11. The van der Waals surface area contributed by atoms with Gasteiger partial charge >= 0.3 is 0 Å². The summed E-state index contributed by atoms with van der Waals surface area (Å²) >= 11 is 1.62. The highest BCUT2D eigenvalue weighted by molar-refractivity contribution is 7.25. The molecule has 0 radical (unpaired) electrons. The van der Waals surface area contributed by atoms with Crippen molar-refractivity contribution in [3.63, 3.8) is 0 Å². The second-order valence-electron chi connectivity index (χ2n) is 13.6. The van der Waals surface area contributed by atoms with Crippen molar-refractivity contribution in [2.24, 2.45) is 0 Å². The average molecular weight is 736 g/mol. The highest BCUT2D eigenvalue weighted by Crippen LogP contribution is 2.39. The third kappa shape index (κ3) is 5.42. The molecule has 7 nitrogen and oxygen atoms in total. The van der Waals surface area contributed by atoms with Crippen LogP contribution in [0.2, 0.25) is 0 Å². The summed E-state index contributed by atoms with van der Waals surface area (Å²) < 4.78 is 3.32. The first kappa shape index (κ1) is 32.0. The Morgan fingerprint density at radius 3 is 1.43 bits per heavy atom. The monoisotopic (exact) mass is 735 g/mol. The molecule has 6 aromatic carbocycles. The average Bonchev–Trinajstić information content (AvgIpc) is 3.83. The van der Waals surface area contributed by atoms with Gasteiger partial charge in [-0.2, -0.15) is 0 Å². The van der Waals surface area contributed by atoms with Gasteiger partial charge in [0.25, 0.3) is 0 Å². The molecule has 0 N–H and O–H groups in total. The molecule has 11 aromatic rings. The molecule has 0 saturated carbocycles. The predicted molar refractivity (Wildman–Crippen MR) is 228 cm³/mol. The summed E-state index contributed by atoms with van der Waals surface area (Å²) in [5.74, 6) is 2.49. The first-order valence-electron chi connectivity index (χ1n) is 18.4. The van der Waals surface area contributed by atoms with Crippen molar-refractivity contribution in [1.82, 2.24) is 34.5 Å². The van der Waals surface area contributed by atoms with Gasteiger partial charge in [-0.25, -0.2) is 29.9 Å². The van der Waals surface area contributed by atoms with Crippen LogP contribution in [0.15, 0.2) is 176 Å². The number of thiophene rings is 1. The van der Waals surface area contributed by atoms with E-state index in [0.717, 1.165) is 59.6 Å². The zero-order valence-electron chi connectivity index (χ0n) is 29.8. The fourth-order valence-electron chi connectivity index (χ4n) is 7.48. The summed E-state index contributed by atoms with van der Waals surface area (Å²) in [5, 5.41) is 3.49. The molecule has 262 valence electrons. The van der Waals surface area contributed by atoms with E-state index in [-0.39, 0.29) is 0 Å². The Hall–Kier alpha value is -7.42. The number of rotatable bonds is 6. The molecule has 8 heteroatoms. The lowest BCUT2D eigenvalue weighted by Crippen LogP contribution is -2.00. The molecule has 0 fully saturated rings. The quantitative estimate of drug-likeness (QED) is 0.169. The number of fused-ring (bicyclic) bond motifs is 6. The van der Waals surface area contributed by atoms with Crippen molar-refractivity contribution < 1.29 is 0 Å². The highest BCUT2D eigenvalue weighted by Gasteiger charge is 2.19. The van der Waals surface area contributed by atoms with Gasteiger partial charge in [0, 0.05) is 55.9 Å². The maximum absolute atomic E-state index is 5.13. The molecule has 5 aromatic heterocycles. The molecule has 0 amide bonds. The number of hydrogen-bond donors (Lipinski definition) is 0. The fraction of sp³-hybridized carbons (Fsp3) is 0. The van der Waals surface area contributed by atoms with Crippen LogP contribution in [0.5, 0.6) is 0 Å². The first-order chi connectivity index (χ1) is 27.7. The van der Waals surface area contributed by atoms with E-state index in [2.05, 4.69) is 113 Å². The lowest BCUT2D eigenvalue weighted by atomic mass is 10.1. The zero-order chi connectivity index (χ0) is 37.0. The van der Waals surface area contributed by atoms with Crippen molar-refractivity contribution >= 4 is 53.6 Å². The third-order valence-electron chi connectivity index (χ3n) is 10.2. The maximum atomic E-state index is 5.13. The summed E-state index contributed by atoms with van der Waals surface area (Å²) in [6.45, 7) is 0. The van der Waals surface area contributed by atoms with Gasteiger partial charge in [-0.05, 0) is 48.5 Å². The van der Waals surface area contributed by atoms with E-state index < -0.39 is 0 Å². The maximum Gasteiger partial charge on any atom is 0.164 e. The fourth-order valence-corrected chi connectivity index (χ4v) is 8.57. The highest BCUT2D eigenvalue weighted by atomic mass is 32.1. The van der Waals surface area contributed by atoms with E-state index in [1.165, 1.54) is 21.8 Å². The summed E-state index contributed by atoms with van der Waals surface area (Å²) in [5.41, 5.74) is 9.83. The first-order valence-corrected chi connectivity index (χ1v) is 19.2. The topological polar surface area (TPSA) is 82.3 Å². The van der Waals surface area contributed by atoms with Crippen LogP contribution >= 0.6 is 11.3 Å². The van der Waals surface area contributed by atoms with Gasteiger partial charge in [0.05, 0.1) is 26.9 Å². The largest absolute Gasteiger partial charge is 0.309 e. The Morgan fingerprint density at radius 2 is 0.839 bits per heavy atom. The van der Waals surface area contributed by atoms with Crippen LogP contribution in [0.25, 0.3) is 105 Å². The van der Waals surface area contributed by atoms with E-state index in [1.807, 2.05) is 72.9 Å². The number of aromatic nitrogens is 7. The number of benzene rings is 6. The van der Waals surface area contributed by atoms with Crippen LogP contribution < -0.4 is 0 Å². The molecule has 11 rings (SSSR count). The van der Waals surface area contributed by atoms with Crippen molar-refractivity contribution in [2.75, 3.05) is 0 Å². The van der Waals surface area contributed by atoms with Crippen molar-refractivity contribution in [3.8, 4) is 62.5 Å². The van der Waals surface area contributed by atoms with E-state index in [4.69, 9.17) is 24.9 Å². The van der Waals surface area contributed by atoms with Crippen LogP contribution in [0.4, 0.5) is 0 Å². The van der Waals surface area contributed by atoms with Gasteiger partial charge in [0.2, 0.25) is 0 Å². The molecule has 0 aliphatic rings. The minimum Gasteiger partial charge on any atom is -0.309 e. The summed E-state index contributed by atoms with van der Waals surface area (Å²) in [7, 11) is 0. The number of para-hydroxylation sites is 2. The van der Waals surface area contributed by atoms with Crippen molar-refractivity contribution in [1.29, 1.82) is 0 Å². The van der Waals surface area contributed by atoms with Crippen LogP contribution in [0.1, 0.15) is 0 Å². The Balaban J connectivity index is 1.01. The third-order valence-corrected chi connectivity index (χ3v) is 11.3. The zero-order valence-corrected chi connectivity index (χ0v) is 30.6. The molecule has 0 spiro atoms. The molecular weight excluding hydrogens is 707 g/mol. The Labute approximate surface area is 325 Å². The van der Waals surface area contributed by atoms with Crippen LogP contribution in [-0.2, 0) is 0 Å². The second-order valence-corrected chi connectivity index (χ2v) is 14.6. The van der Waals surface area contributed by atoms with E-state index in [0.29, 0.717) is 23.3 Å². The van der Waals surface area contributed by atoms with Gasteiger partial charge < -0.3 is 4.57 Å². The molecule has 0 atom stereocenters. The van der Waals surface area contributed by atoms with E-state index >= 15 is 0 Å². The van der Waals surface area contributed by atoms with E-state index in [9.17, 15) is 0 Å². The number of pyridine rings is 1. The lowest BCUT2D eigenvalue weighted by molar-refractivity contribution is 1.07. The summed E-state index contributed by atoms with van der Waals surface area (Å²) in [4.78, 5) is 30.8. The molecular formula is C48H29N7S. The number of nitrogens with zero attached hydrogens (tertiary/aromatic N) is 7. The standard InChI is InChI=1S/C48H29N7S/c1-3-12-31(13-4-1)44-50-41(43-42(51-44)38-18-11-29-49-48(38)56-43)30-21-23-33(24-22-30)46-52-45(32-14-5-2-6-15-32)53-47(54-46)34-25-27-35(28-26-34)55-39-19-9-7-16-36(39)37-17-8-10-20-40(37)55/h1-29H. The SMILES string of the molecule is c1ccc(-c2nc(-c3ccc(-c4nc(-c5ccccc5)nc5c4sc4ncccc45)cc3)nc(-c3ccc(-n4c5ccccc5c5ccccc54)cc3)n2)cc1. The van der Waals surface area contributed by atoms with Gasteiger partial charge in [-0.15, -0.1) is 11.3 Å². The molecule has 0 saturated heterocycles. The molecule has 0 unspecified atom stereocenters. The molecule has 56 heavy (non-hydrogen) atoms. The molecule has 0 aliphatic heterocycles. The summed E-state index contributed by atoms with van der Waals surface area (Å²) in [6, 6.07) is 58.1. The van der Waals surface area contributed by atoms with Crippen molar-refractivity contribution in [2.45, 2.75) is 0 Å².